The van der Waals surface area contributed by atoms with Crippen LogP contribution < -0.4 is 21.5 Å². The van der Waals surface area contributed by atoms with Crippen molar-refractivity contribution in [1.82, 2.24) is 10.2 Å². The summed E-state index contributed by atoms with van der Waals surface area (Å²) in [5.41, 5.74) is 8.66. The third kappa shape index (κ3) is 11.7. The summed E-state index contributed by atoms with van der Waals surface area (Å²) in [5, 5.41) is 34.3. The van der Waals surface area contributed by atoms with Crippen molar-refractivity contribution in [3.63, 3.8) is 0 Å². The van der Waals surface area contributed by atoms with E-state index in [1.165, 1.54) is 0 Å². The van der Waals surface area contributed by atoms with E-state index in [9.17, 15) is 37.8 Å². The van der Waals surface area contributed by atoms with Gasteiger partial charge in [-0.2, -0.15) is 13.2 Å². The maximum atomic E-state index is 14.0. The van der Waals surface area contributed by atoms with Gasteiger partial charge in [-0.3, -0.25) is 9.59 Å². The summed E-state index contributed by atoms with van der Waals surface area (Å²) in [6.45, 7) is 5.87. The Morgan fingerprint density at radius 1 is 0.980 bits per heavy atom. The van der Waals surface area contributed by atoms with Gasteiger partial charge < -0.3 is 45.9 Å². The quantitative estimate of drug-likeness (QED) is 0.201. The van der Waals surface area contributed by atoms with Crippen molar-refractivity contribution < 1.29 is 52.2 Å². The fraction of sp³-hybridized carbons (Fsp3) is 0.371. The van der Waals surface area contributed by atoms with Gasteiger partial charge in [-0.05, 0) is 80.8 Å². The predicted octanol–water partition coefficient (Wildman–Crippen LogP) is 3.27. The van der Waals surface area contributed by atoms with E-state index in [1.807, 2.05) is 26.0 Å². The van der Waals surface area contributed by atoms with Gasteiger partial charge in [0, 0.05) is 29.3 Å². The van der Waals surface area contributed by atoms with Crippen LogP contribution in [0.3, 0.4) is 0 Å². The predicted molar refractivity (Wildman–Crippen MR) is 177 cm³/mol. The Labute approximate surface area is 287 Å². The van der Waals surface area contributed by atoms with E-state index in [1.54, 1.807) is 65.6 Å². The number of likely N-dealkylation sites (tertiary alicyclic amines) is 1. The molecule has 6 N–H and O–H groups in total. The molecule has 0 aliphatic carbocycles. The van der Waals surface area contributed by atoms with Gasteiger partial charge in [0.15, 0.2) is 0 Å². The van der Waals surface area contributed by atoms with Crippen molar-refractivity contribution in [2.75, 3.05) is 25.5 Å². The minimum atomic E-state index is -5.19. The molecular formula is C35H42F3N5O7. The highest BCUT2D eigenvalue weighted by atomic mass is 19.4. The first-order valence-electron chi connectivity index (χ1n) is 15.8. The molecule has 3 atom stereocenters. The lowest BCUT2D eigenvalue weighted by atomic mass is 9.96. The topological polar surface area (TPSA) is 185 Å². The van der Waals surface area contributed by atoms with Gasteiger partial charge >= 0.3 is 12.2 Å². The van der Waals surface area contributed by atoms with Gasteiger partial charge in [0.2, 0.25) is 5.91 Å². The molecule has 15 heteroatoms. The third-order valence-electron chi connectivity index (χ3n) is 8.07. The zero-order valence-corrected chi connectivity index (χ0v) is 27.9. The van der Waals surface area contributed by atoms with Crippen LogP contribution in [-0.4, -0.2) is 87.8 Å². The maximum absolute atomic E-state index is 14.0. The van der Waals surface area contributed by atoms with Gasteiger partial charge in [0.25, 0.3) is 5.91 Å². The number of urea groups is 1. The number of nitrogens with zero attached hydrogens (tertiary/aromatic N) is 2. The first kappa shape index (κ1) is 39.1. The molecule has 1 unspecified atom stereocenters. The van der Waals surface area contributed by atoms with Gasteiger partial charge in [-0.15, -0.1) is 0 Å². The van der Waals surface area contributed by atoms with E-state index in [4.69, 9.17) is 15.6 Å². The Morgan fingerprint density at radius 2 is 1.60 bits per heavy atom. The average molecular weight is 702 g/mol. The van der Waals surface area contributed by atoms with E-state index < -0.39 is 30.1 Å². The number of hydrogen-bond acceptors (Lipinski definition) is 7. The molecule has 12 nitrogen and oxygen atoms in total. The second-order valence-corrected chi connectivity index (χ2v) is 12.8. The zero-order valence-electron chi connectivity index (χ0n) is 27.9. The lowest BCUT2D eigenvalue weighted by Crippen LogP contribution is -2.62. The number of nitrogens with two attached hydrogens (primary N) is 1. The largest absolute Gasteiger partial charge is 0.542 e. The molecule has 0 bridgehead atoms. The van der Waals surface area contributed by atoms with Crippen molar-refractivity contribution in [3.8, 4) is 11.5 Å². The minimum absolute atomic E-state index is 0.00749. The first-order valence-corrected chi connectivity index (χ1v) is 15.8. The van der Waals surface area contributed by atoms with Gasteiger partial charge in [0.1, 0.15) is 30.1 Å². The molecule has 1 heterocycles. The molecule has 0 spiro atoms. The fourth-order valence-corrected chi connectivity index (χ4v) is 5.86. The van der Waals surface area contributed by atoms with Crippen molar-refractivity contribution in [2.24, 2.45) is 5.73 Å². The summed E-state index contributed by atoms with van der Waals surface area (Å²) in [4.78, 5) is 49.8. The Hall–Kier alpha value is -5.31. The van der Waals surface area contributed by atoms with Crippen molar-refractivity contribution in [2.45, 2.75) is 64.0 Å². The highest BCUT2D eigenvalue weighted by molar-refractivity contribution is 5.96. The Kier molecular flexibility index (Phi) is 13.2. The SMILES string of the molecule is CC(C)NC(=O)c1ccc(NC(=O)N([C@@H]2CCC[N+](C)(Cc3cccc(O)c3)C2)[C@@H](Cc2ccc(O)cc2)C(N)=O)cc1.O=C([O-])C(F)(F)F. The number of quaternary nitrogens is 1. The molecule has 0 radical (unpaired) electrons. The third-order valence-corrected chi connectivity index (χ3v) is 8.07. The molecule has 50 heavy (non-hydrogen) atoms. The lowest BCUT2D eigenvalue weighted by molar-refractivity contribution is -0.928. The fourth-order valence-electron chi connectivity index (χ4n) is 5.86. The smallest absolute Gasteiger partial charge is 0.430 e. The summed E-state index contributed by atoms with van der Waals surface area (Å²) in [6, 6.07) is 18.6. The number of amides is 4. The summed E-state index contributed by atoms with van der Waals surface area (Å²) in [7, 11) is 2.12. The molecule has 270 valence electrons. The normalized spacial score (nSPS) is 17.9. The Morgan fingerprint density at radius 3 is 2.14 bits per heavy atom. The number of hydrogen-bond donors (Lipinski definition) is 5. The maximum Gasteiger partial charge on any atom is 0.430 e. The van der Waals surface area contributed by atoms with Gasteiger partial charge in [-0.25, -0.2) is 4.79 Å². The average Bonchev–Trinajstić information content (AvgIpc) is 3.01. The molecule has 1 saturated heterocycles. The number of likely N-dealkylation sites (N-methyl/N-ethyl adjacent to an activating group) is 1. The summed E-state index contributed by atoms with van der Waals surface area (Å²) in [6.07, 6.45) is -3.49. The zero-order chi connectivity index (χ0) is 37.2. The number of aromatic hydroxyl groups is 2. The van der Waals surface area contributed by atoms with Crippen LogP contribution in [-0.2, 0) is 22.6 Å². The van der Waals surface area contributed by atoms with E-state index in [0.29, 0.717) is 35.2 Å². The summed E-state index contributed by atoms with van der Waals surface area (Å²) < 4.78 is 32.2. The number of nitrogens with one attached hydrogen (secondary N) is 2. The minimum Gasteiger partial charge on any atom is -0.542 e. The Balaban J connectivity index is 0.000000872. The monoisotopic (exact) mass is 701 g/mol. The van der Waals surface area contributed by atoms with Gasteiger partial charge in [0.05, 0.1) is 26.2 Å². The molecule has 4 amide bonds. The first-order chi connectivity index (χ1) is 23.4. The molecule has 1 fully saturated rings. The van der Waals surface area contributed by atoms with Crippen molar-refractivity contribution >= 4 is 29.5 Å². The number of carboxylic acids is 1. The molecule has 0 aromatic heterocycles. The number of alkyl halides is 3. The number of benzene rings is 3. The standard InChI is InChI=1S/C33H41N5O5.C2HF3O2/c1-22(2)35-32(42)25-11-13-26(14-12-25)36-33(43)37(30(31(34)41)19-23-9-15-28(39)16-10-23)27-7-5-17-38(3,21-27)20-24-6-4-8-29(40)18-24;3-2(4,5)1(6)7/h4,6,8-16,18,22,27,30H,5,7,17,19-21H2,1-3H3,(H5-,34,35,36,39,40,41,42,43);(H,6,7)/t27-,30+,38?;/m1./s1. The molecule has 4 rings (SSSR count). The number of phenolic OH excluding ortho intramolecular Hbond substituents is 2. The number of rotatable bonds is 10. The van der Waals surface area contributed by atoms with Crippen LogP contribution in [0.2, 0.25) is 0 Å². The number of carboxylic acid groups (broad SMARTS) is 1. The number of carbonyl (C=O) groups excluding carboxylic acids is 4. The summed E-state index contributed by atoms with van der Waals surface area (Å²) >= 11 is 0. The number of phenols is 2. The second kappa shape index (κ2) is 16.9. The van der Waals surface area contributed by atoms with Crippen molar-refractivity contribution in [3.05, 3.63) is 89.5 Å². The number of carbonyl (C=O) groups is 4. The molecule has 3 aromatic carbocycles. The van der Waals surface area contributed by atoms with E-state index in [0.717, 1.165) is 24.1 Å². The number of piperidine rings is 1. The second-order valence-electron chi connectivity index (χ2n) is 12.8. The number of primary amides is 1. The highest BCUT2D eigenvalue weighted by Gasteiger charge is 2.41. The number of halogens is 3. The molecule has 3 aromatic rings. The van der Waals surface area contributed by atoms with E-state index in [-0.39, 0.29) is 35.9 Å². The van der Waals surface area contributed by atoms with Crippen LogP contribution >= 0.6 is 0 Å². The van der Waals surface area contributed by atoms with E-state index >= 15 is 0 Å². The van der Waals surface area contributed by atoms with Crippen LogP contribution in [0.1, 0.15) is 48.2 Å². The van der Waals surface area contributed by atoms with Gasteiger partial charge in [-0.1, -0.05) is 24.3 Å². The summed E-state index contributed by atoms with van der Waals surface area (Å²) in [5.74, 6) is -3.53. The highest BCUT2D eigenvalue weighted by Crippen LogP contribution is 2.28. The lowest BCUT2D eigenvalue weighted by Gasteiger charge is -2.46. The van der Waals surface area contributed by atoms with Crippen molar-refractivity contribution in [1.29, 1.82) is 0 Å². The molecule has 1 aliphatic heterocycles. The molecule has 0 saturated carbocycles. The molecular weight excluding hydrogens is 659 g/mol. The number of anilines is 1. The number of aliphatic carboxylic acids is 1. The van der Waals surface area contributed by atoms with Crippen LogP contribution in [0.4, 0.5) is 23.7 Å². The van der Waals surface area contributed by atoms with Crippen LogP contribution in [0.5, 0.6) is 11.5 Å². The van der Waals surface area contributed by atoms with Crippen LogP contribution in [0.25, 0.3) is 0 Å². The van der Waals surface area contributed by atoms with Crippen LogP contribution in [0.15, 0.2) is 72.8 Å². The van der Waals surface area contributed by atoms with E-state index in [2.05, 4.69) is 17.7 Å². The van der Waals surface area contributed by atoms with Crippen LogP contribution in [0, 0.1) is 0 Å². The Bertz CT molecular complexity index is 1630. The molecule has 1 aliphatic rings.